The first-order valence-electron chi connectivity index (χ1n) is 7.37. The minimum Gasteiger partial charge on any atom is -0.485 e. The molecule has 0 radical (unpaired) electrons. The van der Waals surface area contributed by atoms with E-state index in [0.717, 1.165) is 11.3 Å². The first-order valence-corrected chi connectivity index (χ1v) is 7.37. The fraction of sp³-hybridized carbons (Fsp3) is 0.278. The second-order valence-corrected chi connectivity index (χ2v) is 5.60. The SMILES string of the molecule is CC(=O)N1c2ccccc2[C@@H](Oc2cccc(F)c2)C[C@H]1C. The standard InChI is InChI=1S/C18H18FNO2/c1-12-10-18(22-15-7-5-6-14(19)11-15)16-8-3-4-9-17(16)20(12)13(2)21/h3-9,11-12,18H,10H2,1-2H3/t12-,18+/m1/s1. The molecule has 0 N–H and O–H groups in total. The topological polar surface area (TPSA) is 29.5 Å². The van der Waals surface area contributed by atoms with Gasteiger partial charge in [-0.05, 0) is 25.1 Å². The fourth-order valence-electron chi connectivity index (χ4n) is 3.05. The molecule has 1 amide bonds. The second-order valence-electron chi connectivity index (χ2n) is 5.60. The highest BCUT2D eigenvalue weighted by Crippen LogP contribution is 2.39. The van der Waals surface area contributed by atoms with Gasteiger partial charge in [-0.1, -0.05) is 24.3 Å². The van der Waals surface area contributed by atoms with Crippen molar-refractivity contribution in [2.75, 3.05) is 4.90 Å². The van der Waals surface area contributed by atoms with Gasteiger partial charge in [0.2, 0.25) is 5.91 Å². The molecule has 4 heteroatoms. The van der Waals surface area contributed by atoms with Crippen LogP contribution in [-0.2, 0) is 4.79 Å². The number of hydrogen-bond acceptors (Lipinski definition) is 2. The van der Waals surface area contributed by atoms with E-state index in [-0.39, 0.29) is 23.9 Å². The highest BCUT2D eigenvalue weighted by atomic mass is 19.1. The monoisotopic (exact) mass is 299 g/mol. The van der Waals surface area contributed by atoms with E-state index in [4.69, 9.17) is 4.74 Å². The van der Waals surface area contributed by atoms with E-state index in [1.54, 1.807) is 24.0 Å². The Hall–Kier alpha value is -2.36. The van der Waals surface area contributed by atoms with Gasteiger partial charge in [0, 0.05) is 31.0 Å². The Morgan fingerprint density at radius 2 is 2.00 bits per heavy atom. The molecule has 0 fully saturated rings. The van der Waals surface area contributed by atoms with Gasteiger partial charge in [-0.15, -0.1) is 0 Å². The van der Waals surface area contributed by atoms with Crippen molar-refractivity contribution in [2.45, 2.75) is 32.4 Å². The predicted molar refractivity (Wildman–Crippen MR) is 83.5 cm³/mol. The normalized spacial score (nSPS) is 20.4. The summed E-state index contributed by atoms with van der Waals surface area (Å²) in [6, 6.07) is 13.9. The summed E-state index contributed by atoms with van der Waals surface area (Å²) in [5, 5.41) is 0. The third kappa shape index (κ3) is 2.69. The van der Waals surface area contributed by atoms with Crippen LogP contribution in [0.1, 0.15) is 31.9 Å². The van der Waals surface area contributed by atoms with Crippen molar-refractivity contribution < 1.29 is 13.9 Å². The molecule has 2 aromatic rings. The van der Waals surface area contributed by atoms with E-state index in [1.165, 1.54) is 12.1 Å². The largest absolute Gasteiger partial charge is 0.485 e. The van der Waals surface area contributed by atoms with Gasteiger partial charge in [0.15, 0.2) is 0 Å². The van der Waals surface area contributed by atoms with Gasteiger partial charge in [-0.25, -0.2) is 4.39 Å². The van der Waals surface area contributed by atoms with E-state index in [0.29, 0.717) is 12.2 Å². The predicted octanol–water partition coefficient (Wildman–Crippen LogP) is 4.09. The number of carbonyl (C=O) groups excluding carboxylic acids is 1. The first-order chi connectivity index (χ1) is 10.6. The number of anilines is 1. The fourth-order valence-corrected chi connectivity index (χ4v) is 3.05. The molecule has 1 aliphatic rings. The Morgan fingerprint density at radius 1 is 1.23 bits per heavy atom. The maximum atomic E-state index is 13.3. The maximum absolute atomic E-state index is 13.3. The Bertz CT molecular complexity index is 701. The third-order valence-corrected chi connectivity index (χ3v) is 3.95. The lowest BCUT2D eigenvalue weighted by Gasteiger charge is -2.38. The Balaban J connectivity index is 1.96. The van der Waals surface area contributed by atoms with Crippen molar-refractivity contribution in [3.05, 3.63) is 59.9 Å². The molecule has 3 nitrogen and oxygen atoms in total. The van der Waals surface area contributed by atoms with E-state index in [9.17, 15) is 9.18 Å². The quantitative estimate of drug-likeness (QED) is 0.836. The van der Waals surface area contributed by atoms with Crippen LogP contribution in [0.25, 0.3) is 0 Å². The molecule has 0 saturated heterocycles. The smallest absolute Gasteiger partial charge is 0.224 e. The number of amides is 1. The van der Waals surface area contributed by atoms with Crippen molar-refractivity contribution in [1.29, 1.82) is 0 Å². The molecule has 0 spiro atoms. The number of nitrogens with zero attached hydrogens (tertiary/aromatic N) is 1. The molecule has 0 unspecified atom stereocenters. The lowest BCUT2D eigenvalue weighted by Crippen LogP contribution is -2.42. The molecule has 3 rings (SSSR count). The molecule has 0 bridgehead atoms. The van der Waals surface area contributed by atoms with Crippen molar-refractivity contribution in [3.63, 3.8) is 0 Å². The number of ether oxygens (including phenoxy) is 1. The molecule has 114 valence electrons. The van der Waals surface area contributed by atoms with Crippen molar-refractivity contribution >= 4 is 11.6 Å². The number of hydrogen-bond donors (Lipinski definition) is 0. The van der Waals surface area contributed by atoms with Gasteiger partial charge < -0.3 is 9.64 Å². The molecule has 0 saturated carbocycles. The lowest BCUT2D eigenvalue weighted by atomic mass is 9.93. The Kier molecular flexibility index (Phi) is 3.84. The summed E-state index contributed by atoms with van der Waals surface area (Å²) in [5.41, 5.74) is 1.83. The van der Waals surface area contributed by atoms with E-state index in [1.807, 2.05) is 31.2 Å². The van der Waals surface area contributed by atoms with Crippen LogP contribution in [-0.4, -0.2) is 11.9 Å². The van der Waals surface area contributed by atoms with E-state index < -0.39 is 0 Å². The zero-order chi connectivity index (χ0) is 15.7. The van der Waals surface area contributed by atoms with Gasteiger partial charge in [-0.3, -0.25) is 4.79 Å². The summed E-state index contributed by atoms with van der Waals surface area (Å²) in [4.78, 5) is 13.7. The number of benzene rings is 2. The molecule has 22 heavy (non-hydrogen) atoms. The highest BCUT2D eigenvalue weighted by molar-refractivity contribution is 5.93. The molecule has 1 aliphatic heterocycles. The highest BCUT2D eigenvalue weighted by Gasteiger charge is 2.33. The second kappa shape index (κ2) is 5.79. The average molecular weight is 299 g/mol. The zero-order valence-electron chi connectivity index (χ0n) is 12.6. The summed E-state index contributed by atoms with van der Waals surface area (Å²) in [7, 11) is 0. The number of carbonyl (C=O) groups is 1. The first kappa shape index (κ1) is 14.6. The summed E-state index contributed by atoms with van der Waals surface area (Å²) in [6.45, 7) is 3.57. The summed E-state index contributed by atoms with van der Waals surface area (Å²) >= 11 is 0. The molecule has 0 aromatic heterocycles. The molecular weight excluding hydrogens is 281 g/mol. The van der Waals surface area contributed by atoms with Crippen LogP contribution in [0, 0.1) is 5.82 Å². The van der Waals surface area contributed by atoms with Gasteiger partial charge in [0.25, 0.3) is 0 Å². The van der Waals surface area contributed by atoms with Gasteiger partial charge >= 0.3 is 0 Å². The molecule has 2 atom stereocenters. The van der Waals surface area contributed by atoms with E-state index in [2.05, 4.69) is 0 Å². The van der Waals surface area contributed by atoms with Crippen LogP contribution in [0.15, 0.2) is 48.5 Å². The van der Waals surface area contributed by atoms with Crippen LogP contribution in [0.4, 0.5) is 10.1 Å². The molecule has 1 heterocycles. The third-order valence-electron chi connectivity index (χ3n) is 3.95. The van der Waals surface area contributed by atoms with Gasteiger partial charge in [0.05, 0.1) is 5.69 Å². The summed E-state index contributed by atoms with van der Waals surface area (Å²) in [5.74, 6) is 0.201. The van der Waals surface area contributed by atoms with E-state index >= 15 is 0 Å². The van der Waals surface area contributed by atoms with Gasteiger partial charge in [0.1, 0.15) is 17.7 Å². The van der Waals surface area contributed by atoms with Crippen molar-refractivity contribution in [1.82, 2.24) is 0 Å². The van der Waals surface area contributed by atoms with Crippen LogP contribution >= 0.6 is 0 Å². The minimum absolute atomic E-state index is 0.0177. The minimum atomic E-state index is -0.319. The Labute approximate surface area is 129 Å². The molecule has 0 aliphatic carbocycles. The number of halogens is 1. The van der Waals surface area contributed by atoms with Crippen LogP contribution in [0.5, 0.6) is 5.75 Å². The van der Waals surface area contributed by atoms with Crippen molar-refractivity contribution in [2.24, 2.45) is 0 Å². The van der Waals surface area contributed by atoms with Crippen LogP contribution < -0.4 is 9.64 Å². The number of rotatable bonds is 2. The summed E-state index contributed by atoms with van der Waals surface area (Å²) < 4.78 is 19.3. The maximum Gasteiger partial charge on any atom is 0.224 e. The molecular formula is C18H18FNO2. The Morgan fingerprint density at radius 3 is 2.73 bits per heavy atom. The number of fused-ring (bicyclic) bond motifs is 1. The molecule has 2 aromatic carbocycles. The van der Waals surface area contributed by atoms with Crippen LogP contribution in [0.2, 0.25) is 0 Å². The summed E-state index contributed by atoms with van der Waals surface area (Å²) in [6.07, 6.45) is 0.483. The lowest BCUT2D eigenvalue weighted by molar-refractivity contribution is -0.117. The van der Waals surface area contributed by atoms with Gasteiger partial charge in [-0.2, -0.15) is 0 Å². The zero-order valence-corrected chi connectivity index (χ0v) is 12.6. The average Bonchev–Trinajstić information content (AvgIpc) is 2.47. The van der Waals surface area contributed by atoms with Crippen molar-refractivity contribution in [3.8, 4) is 5.75 Å². The van der Waals surface area contributed by atoms with Crippen LogP contribution in [0.3, 0.4) is 0 Å². The number of para-hydroxylation sites is 1.